The molecule has 1 rings (SSSR count). The van der Waals surface area contributed by atoms with Crippen LogP contribution in [0, 0.1) is 0 Å². The minimum Gasteiger partial charge on any atom is -0.478 e. The summed E-state index contributed by atoms with van der Waals surface area (Å²) in [5.41, 5.74) is 0.350. The summed E-state index contributed by atoms with van der Waals surface area (Å²) in [5, 5.41) is 8.69. The predicted molar refractivity (Wildman–Crippen MR) is 60.8 cm³/mol. The van der Waals surface area contributed by atoms with Crippen molar-refractivity contribution in [2.45, 2.75) is 11.8 Å². The zero-order chi connectivity index (χ0) is 12.3. The summed E-state index contributed by atoms with van der Waals surface area (Å²) < 4.78 is 23.0. The van der Waals surface area contributed by atoms with E-state index in [1.165, 1.54) is 24.3 Å². The molecule has 0 bridgehead atoms. The van der Waals surface area contributed by atoms with E-state index in [4.69, 9.17) is 5.11 Å². The fourth-order valence-corrected chi connectivity index (χ4v) is 2.04. The first-order valence-corrected chi connectivity index (χ1v) is 6.29. The maximum absolute atomic E-state index is 11.5. The second-order valence-corrected chi connectivity index (χ2v) is 5.49. The number of sulfone groups is 1. The van der Waals surface area contributed by atoms with Crippen molar-refractivity contribution in [1.82, 2.24) is 0 Å². The van der Waals surface area contributed by atoms with Gasteiger partial charge >= 0.3 is 5.97 Å². The van der Waals surface area contributed by atoms with E-state index in [9.17, 15) is 13.2 Å². The molecule has 0 radical (unpaired) electrons. The van der Waals surface area contributed by atoms with E-state index in [1.807, 2.05) is 0 Å². The molecule has 0 aliphatic carbocycles. The Balaban J connectivity index is 3.10. The lowest BCUT2D eigenvalue weighted by atomic mass is 10.1. The van der Waals surface area contributed by atoms with Crippen LogP contribution in [0.2, 0.25) is 0 Å². The van der Waals surface area contributed by atoms with Gasteiger partial charge in [-0.3, -0.25) is 0 Å². The fourth-order valence-electron chi connectivity index (χ4n) is 1.15. The Morgan fingerprint density at radius 3 is 2.19 bits per heavy atom. The second kappa shape index (κ2) is 4.49. The van der Waals surface area contributed by atoms with Gasteiger partial charge in [-0.1, -0.05) is 25.6 Å². The second-order valence-electron chi connectivity index (χ2n) is 3.21. The van der Waals surface area contributed by atoms with Crippen LogP contribution < -0.4 is 0 Å². The van der Waals surface area contributed by atoms with Crippen molar-refractivity contribution in [2.75, 3.05) is 5.75 Å². The highest BCUT2D eigenvalue weighted by atomic mass is 32.2. The van der Waals surface area contributed by atoms with Crippen molar-refractivity contribution in [3.63, 3.8) is 0 Å². The van der Waals surface area contributed by atoms with Gasteiger partial charge in [-0.15, -0.1) is 0 Å². The van der Waals surface area contributed by atoms with Crippen LogP contribution in [-0.4, -0.2) is 25.2 Å². The molecule has 0 saturated carbocycles. The highest BCUT2D eigenvalue weighted by Crippen LogP contribution is 2.17. The topological polar surface area (TPSA) is 71.4 Å². The molecule has 86 valence electrons. The van der Waals surface area contributed by atoms with E-state index in [0.717, 1.165) is 0 Å². The van der Waals surface area contributed by atoms with Gasteiger partial charge in [0.1, 0.15) is 0 Å². The molecule has 1 aromatic carbocycles. The molecule has 0 atom stereocenters. The monoisotopic (exact) mass is 240 g/mol. The van der Waals surface area contributed by atoms with Gasteiger partial charge < -0.3 is 5.11 Å². The number of carboxylic acid groups (broad SMARTS) is 1. The Kier molecular flexibility index (Phi) is 3.49. The van der Waals surface area contributed by atoms with Crippen LogP contribution in [0.25, 0.3) is 5.57 Å². The summed E-state index contributed by atoms with van der Waals surface area (Å²) in [6.07, 6.45) is 0. The van der Waals surface area contributed by atoms with Gasteiger partial charge in [0.25, 0.3) is 0 Å². The van der Waals surface area contributed by atoms with E-state index in [0.29, 0.717) is 5.56 Å². The smallest absolute Gasteiger partial charge is 0.335 e. The lowest BCUT2D eigenvalue weighted by molar-refractivity contribution is -0.130. The number of carboxylic acids is 1. The first kappa shape index (κ1) is 12.4. The van der Waals surface area contributed by atoms with Gasteiger partial charge in [0.05, 0.1) is 16.2 Å². The zero-order valence-electron chi connectivity index (χ0n) is 8.80. The van der Waals surface area contributed by atoms with E-state index < -0.39 is 15.8 Å². The van der Waals surface area contributed by atoms with E-state index in [1.54, 1.807) is 6.92 Å². The van der Waals surface area contributed by atoms with Gasteiger partial charge in [0.2, 0.25) is 0 Å². The lowest BCUT2D eigenvalue weighted by Crippen LogP contribution is -2.04. The maximum atomic E-state index is 11.5. The summed E-state index contributed by atoms with van der Waals surface area (Å²) >= 11 is 0. The van der Waals surface area contributed by atoms with Crippen molar-refractivity contribution >= 4 is 21.4 Å². The van der Waals surface area contributed by atoms with Crippen molar-refractivity contribution in [3.05, 3.63) is 36.4 Å². The molecule has 0 heterocycles. The molecule has 16 heavy (non-hydrogen) atoms. The fraction of sp³-hybridized carbons (Fsp3) is 0.182. The van der Waals surface area contributed by atoms with Gasteiger partial charge in [-0.25, -0.2) is 13.2 Å². The summed E-state index contributed by atoms with van der Waals surface area (Å²) in [6.45, 7) is 4.94. The Bertz CT molecular complexity index is 511. The highest BCUT2D eigenvalue weighted by molar-refractivity contribution is 7.91. The molecular weight excluding hydrogens is 228 g/mol. The molecule has 0 saturated heterocycles. The molecule has 0 aliphatic heterocycles. The number of carbonyl (C=O) groups is 1. The van der Waals surface area contributed by atoms with Crippen molar-refractivity contribution in [2.24, 2.45) is 0 Å². The first-order valence-electron chi connectivity index (χ1n) is 4.64. The Hall–Kier alpha value is -1.62. The minimum atomic E-state index is -3.24. The molecule has 4 nitrogen and oxygen atoms in total. The number of benzene rings is 1. The normalized spacial score (nSPS) is 11.1. The molecule has 1 N–H and O–H groups in total. The predicted octanol–water partition coefficient (Wildman–Crippen LogP) is 1.58. The summed E-state index contributed by atoms with van der Waals surface area (Å²) in [7, 11) is -3.24. The third-order valence-electron chi connectivity index (χ3n) is 2.20. The molecule has 5 heteroatoms. The van der Waals surface area contributed by atoms with Crippen LogP contribution in [0.5, 0.6) is 0 Å². The summed E-state index contributed by atoms with van der Waals surface area (Å²) in [6, 6.07) is 5.67. The molecule has 0 unspecified atom stereocenters. The zero-order valence-corrected chi connectivity index (χ0v) is 9.62. The van der Waals surface area contributed by atoms with Crippen LogP contribution in [0.1, 0.15) is 12.5 Å². The minimum absolute atomic E-state index is 0.0201. The number of hydrogen-bond donors (Lipinski definition) is 1. The number of hydrogen-bond acceptors (Lipinski definition) is 3. The third-order valence-corrected chi connectivity index (χ3v) is 3.95. The largest absolute Gasteiger partial charge is 0.478 e. The first-order chi connectivity index (χ1) is 7.38. The van der Waals surface area contributed by atoms with Crippen LogP contribution in [0.3, 0.4) is 0 Å². The van der Waals surface area contributed by atoms with E-state index in [-0.39, 0.29) is 16.2 Å². The van der Waals surface area contributed by atoms with Crippen molar-refractivity contribution < 1.29 is 18.3 Å². The molecule has 0 amide bonds. The van der Waals surface area contributed by atoms with Crippen LogP contribution in [-0.2, 0) is 14.6 Å². The Labute approximate surface area is 94.1 Å². The van der Waals surface area contributed by atoms with Crippen molar-refractivity contribution in [3.8, 4) is 0 Å². The van der Waals surface area contributed by atoms with Gasteiger partial charge in [-0.05, 0) is 17.7 Å². The third kappa shape index (κ3) is 2.49. The standard InChI is InChI=1S/C11H12O4S/c1-3-16(14,15)10-6-4-9(5-7-10)8(2)11(12)13/h4-7H,2-3H2,1H3,(H,12,13). The number of aliphatic carboxylic acids is 1. The highest BCUT2D eigenvalue weighted by Gasteiger charge is 2.12. The van der Waals surface area contributed by atoms with Gasteiger partial charge in [-0.2, -0.15) is 0 Å². The lowest BCUT2D eigenvalue weighted by Gasteiger charge is -2.03. The average molecular weight is 240 g/mol. The number of rotatable bonds is 4. The molecular formula is C11H12O4S. The molecule has 0 aliphatic rings. The van der Waals surface area contributed by atoms with Crippen LogP contribution in [0.4, 0.5) is 0 Å². The van der Waals surface area contributed by atoms with Crippen LogP contribution >= 0.6 is 0 Å². The van der Waals surface area contributed by atoms with E-state index in [2.05, 4.69) is 6.58 Å². The summed E-state index contributed by atoms with van der Waals surface area (Å²) in [4.78, 5) is 10.8. The molecule has 0 aromatic heterocycles. The van der Waals surface area contributed by atoms with Crippen LogP contribution in [0.15, 0.2) is 35.7 Å². The molecule has 0 spiro atoms. The molecule has 0 fully saturated rings. The van der Waals surface area contributed by atoms with Gasteiger partial charge in [0, 0.05) is 0 Å². The average Bonchev–Trinajstić information content (AvgIpc) is 2.28. The Morgan fingerprint density at radius 2 is 1.81 bits per heavy atom. The van der Waals surface area contributed by atoms with Gasteiger partial charge in [0.15, 0.2) is 9.84 Å². The quantitative estimate of drug-likeness (QED) is 0.811. The summed E-state index contributed by atoms with van der Waals surface area (Å²) in [5.74, 6) is -1.10. The Morgan fingerprint density at radius 1 is 1.31 bits per heavy atom. The SMILES string of the molecule is C=C(C(=O)O)c1ccc(S(=O)(=O)CC)cc1. The van der Waals surface area contributed by atoms with E-state index >= 15 is 0 Å². The van der Waals surface area contributed by atoms with Crippen molar-refractivity contribution in [1.29, 1.82) is 0 Å². The maximum Gasteiger partial charge on any atom is 0.335 e. The molecule has 1 aromatic rings.